The van der Waals surface area contributed by atoms with Crippen LogP contribution in [0.1, 0.15) is 5.56 Å². The average molecular weight is 199 g/mol. The first-order chi connectivity index (χ1) is 6.19. The van der Waals surface area contributed by atoms with Gasteiger partial charge in [-0.1, -0.05) is 18.2 Å². The Morgan fingerprint density at radius 1 is 1.23 bits per heavy atom. The SMILES string of the molecule is C=C(Cl)c1ccc(OC)c(OC)c1. The van der Waals surface area contributed by atoms with Crippen molar-refractivity contribution in [2.75, 3.05) is 14.2 Å². The van der Waals surface area contributed by atoms with Gasteiger partial charge in [-0.3, -0.25) is 0 Å². The largest absolute Gasteiger partial charge is 0.493 e. The number of rotatable bonds is 3. The lowest BCUT2D eigenvalue weighted by molar-refractivity contribution is 0.355. The maximum absolute atomic E-state index is 5.74. The van der Waals surface area contributed by atoms with Crippen LogP contribution in [0.5, 0.6) is 11.5 Å². The first-order valence-electron chi connectivity index (χ1n) is 3.76. The number of ether oxygens (including phenoxy) is 2. The highest BCUT2D eigenvalue weighted by atomic mass is 35.5. The molecule has 0 unspecified atom stereocenters. The highest BCUT2D eigenvalue weighted by Crippen LogP contribution is 2.30. The van der Waals surface area contributed by atoms with E-state index in [1.165, 1.54) is 0 Å². The Bertz CT molecular complexity index is 321. The maximum atomic E-state index is 5.74. The summed E-state index contributed by atoms with van der Waals surface area (Å²) in [6.07, 6.45) is 0. The van der Waals surface area contributed by atoms with Gasteiger partial charge in [-0.05, 0) is 23.8 Å². The van der Waals surface area contributed by atoms with Crippen molar-refractivity contribution in [3.8, 4) is 11.5 Å². The van der Waals surface area contributed by atoms with Crippen molar-refractivity contribution in [1.29, 1.82) is 0 Å². The molecule has 0 atom stereocenters. The summed E-state index contributed by atoms with van der Waals surface area (Å²) in [6, 6.07) is 5.41. The third-order valence-electron chi connectivity index (χ3n) is 1.70. The topological polar surface area (TPSA) is 18.5 Å². The molecule has 0 saturated carbocycles. The number of methoxy groups -OCH3 is 2. The Labute approximate surface area is 82.7 Å². The molecule has 1 aromatic carbocycles. The van der Waals surface area contributed by atoms with E-state index in [-0.39, 0.29) is 0 Å². The Morgan fingerprint density at radius 3 is 2.31 bits per heavy atom. The molecule has 13 heavy (non-hydrogen) atoms. The van der Waals surface area contributed by atoms with E-state index in [0.717, 1.165) is 5.56 Å². The fraction of sp³-hybridized carbons (Fsp3) is 0.200. The van der Waals surface area contributed by atoms with Gasteiger partial charge >= 0.3 is 0 Å². The second-order valence-corrected chi connectivity index (χ2v) is 2.93. The lowest BCUT2D eigenvalue weighted by Gasteiger charge is -2.08. The Balaban J connectivity index is 3.13. The van der Waals surface area contributed by atoms with Crippen molar-refractivity contribution in [2.24, 2.45) is 0 Å². The predicted octanol–water partition coefficient (Wildman–Crippen LogP) is 2.91. The highest BCUT2D eigenvalue weighted by molar-refractivity contribution is 6.48. The normalized spacial score (nSPS) is 9.46. The van der Waals surface area contributed by atoms with Gasteiger partial charge in [0, 0.05) is 5.03 Å². The van der Waals surface area contributed by atoms with Crippen molar-refractivity contribution in [3.05, 3.63) is 30.3 Å². The molecule has 3 heteroatoms. The molecule has 2 nitrogen and oxygen atoms in total. The summed E-state index contributed by atoms with van der Waals surface area (Å²) in [6.45, 7) is 3.63. The first kappa shape index (κ1) is 9.93. The highest BCUT2D eigenvalue weighted by Gasteiger charge is 2.04. The lowest BCUT2D eigenvalue weighted by Crippen LogP contribution is -1.90. The van der Waals surface area contributed by atoms with Crippen molar-refractivity contribution in [2.45, 2.75) is 0 Å². The van der Waals surface area contributed by atoms with Gasteiger partial charge in [-0.15, -0.1) is 0 Å². The van der Waals surface area contributed by atoms with Crippen LogP contribution in [0.3, 0.4) is 0 Å². The van der Waals surface area contributed by atoms with E-state index in [2.05, 4.69) is 6.58 Å². The molecule has 0 radical (unpaired) electrons. The summed E-state index contributed by atoms with van der Waals surface area (Å²) >= 11 is 5.74. The van der Waals surface area contributed by atoms with Gasteiger partial charge in [0.25, 0.3) is 0 Å². The number of hydrogen-bond acceptors (Lipinski definition) is 2. The van der Waals surface area contributed by atoms with Crippen molar-refractivity contribution in [1.82, 2.24) is 0 Å². The summed E-state index contributed by atoms with van der Waals surface area (Å²) in [5.74, 6) is 1.34. The fourth-order valence-corrected chi connectivity index (χ4v) is 1.12. The molecule has 0 saturated heterocycles. The molecule has 0 aromatic heterocycles. The Morgan fingerprint density at radius 2 is 1.85 bits per heavy atom. The van der Waals surface area contributed by atoms with E-state index in [0.29, 0.717) is 16.5 Å². The predicted molar refractivity (Wildman–Crippen MR) is 54.4 cm³/mol. The Hall–Kier alpha value is -1.15. The second kappa shape index (κ2) is 4.19. The van der Waals surface area contributed by atoms with Crippen molar-refractivity contribution in [3.63, 3.8) is 0 Å². The molecule has 0 amide bonds. The van der Waals surface area contributed by atoms with Crippen molar-refractivity contribution >= 4 is 16.6 Å². The van der Waals surface area contributed by atoms with Gasteiger partial charge in [0.1, 0.15) is 0 Å². The molecule has 0 aliphatic heterocycles. The molecular weight excluding hydrogens is 188 g/mol. The van der Waals surface area contributed by atoms with E-state index in [1.54, 1.807) is 26.4 Å². The maximum Gasteiger partial charge on any atom is 0.161 e. The van der Waals surface area contributed by atoms with Gasteiger partial charge < -0.3 is 9.47 Å². The molecule has 0 heterocycles. The molecule has 1 aromatic rings. The minimum absolute atomic E-state index is 0.487. The van der Waals surface area contributed by atoms with Gasteiger partial charge in [-0.2, -0.15) is 0 Å². The van der Waals surface area contributed by atoms with Crippen molar-refractivity contribution < 1.29 is 9.47 Å². The third kappa shape index (κ3) is 2.16. The quantitative estimate of drug-likeness (QED) is 0.744. The molecule has 0 fully saturated rings. The summed E-state index contributed by atoms with van der Waals surface area (Å²) in [4.78, 5) is 0. The zero-order valence-corrected chi connectivity index (χ0v) is 8.39. The van der Waals surface area contributed by atoms with Crippen LogP contribution in [0.2, 0.25) is 0 Å². The van der Waals surface area contributed by atoms with E-state index in [1.807, 2.05) is 6.07 Å². The minimum atomic E-state index is 0.487. The van der Waals surface area contributed by atoms with Crippen LogP contribution in [-0.2, 0) is 0 Å². The summed E-state index contributed by atoms with van der Waals surface area (Å²) in [5, 5.41) is 0.487. The van der Waals surface area contributed by atoms with E-state index in [4.69, 9.17) is 21.1 Å². The zero-order chi connectivity index (χ0) is 9.84. The monoisotopic (exact) mass is 198 g/mol. The van der Waals surface area contributed by atoms with Crippen LogP contribution in [0.4, 0.5) is 0 Å². The zero-order valence-electron chi connectivity index (χ0n) is 7.63. The number of benzene rings is 1. The van der Waals surface area contributed by atoms with Crippen LogP contribution in [0, 0.1) is 0 Å². The van der Waals surface area contributed by atoms with E-state index in [9.17, 15) is 0 Å². The van der Waals surface area contributed by atoms with E-state index >= 15 is 0 Å². The minimum Gasteiger partial charge on any atom is -0.493 e. The van der Waals surface area contributed by atoms with Gasteiger partial charge in [-0.25, -0.2) is 0 Å². The summed E-state index contributed by atoms with van der Waals surface area (Å²) < 4.78 is 10.2. The molecule has 0 spiro atoms. The lowest BCUT2D eigenvalue weighted by atomic mass is 10.2. The summed E-state index contributed by atoms with van der Waals surface area (Å²) in [7, 11) is 3.17. The van der Waals surface area contributed by atoms with Gasteiger partial charge in [0.2, 0.25) is 0 Å². The Kier molecular flexibility index (Phi) is 3.20. The van der Waals surface area contributed by atoms with Crippen LogP contribution < -0.4 is 9.47 Å². The summed E-state index contributed by atoms with van der Waals surface area (Å²) in [5.41, 5.74) is 0.833. The van der Waals surface area contributed by atoms with E-state index < -0.39 is 0 Å². The molecular formula is C10H11ClO2. The van der Waals surface area contributed by atoms with Crippen LogP contribution >= 0.6 is 11.6 Å². The van der Waals surface area contributed by atoms with Gasteiger partial charge in [0.05, 0.1) is 14.2 Å². The molecule has 0 aliphatic carbocycles. The molecule has 0 N–H and O–H groups in total. The number of halogens is 1. The third-order valence-corrected chi connectivity index (χ3v) is 1.91. The van der Waals surface area contributed by atoms with Crippen LogP contribution in [0.25, 0.3) is 5.03 Å². The molecule has 0 bridgehead atoms. The molecule has 0 aliphatic rings. The average Bonchev–Trinajstić information content (AvgIpc) is 2.16. The second-order valence-electron chi connectivity index (χ2n) is 2.47. The fourth-order valence-electron chi connectivity index (χ4n) is 1.00. The van der Waals surface area contributed by atoms with Gasteiger partial charge in [0.15, 0.2) is 11.5 Å². The molecule has 1 rings (SSSR count). The standard InChI is InChI=1S/C10H11ClO2/c1-7(11)8-4-5-9(12-2)10(6-8)13-3/h4-6H,1H2,2-3H3. The first-order valence-corrected chi connectivity index (χ1v) is 4.13. The number of hydrogen-bond donors (Lipinski definition) is 0. The van der Waals surface area contributed by atoms with Crippen LogP contribution in [-0.4, -0.2) is 14.2 Å². The molecule has 70 valence electrons. The van der Waals surface area contributed by atoms with Crippen LogP contribution in [0.15, 0.2) is 24.8 Å². The smallest absolute Gasteiger partial charge is 0.161 e.